The number of piperidine rings is 1. The number of carbonyl (C=O) groups is 1. The van der Waals surface area contributed by atoms with Gasteiger partial charge >= 0.3 is 0 Å². The molecule has 0 spiro atoms. The first-order chi connectivity index (χ1) is 12.0. The first-order valence-corrected chi connectivity index (χ1v) is 10.3. The molecule has 4 atom stereocenters. The molecule has 1 amide bonds. The normalized spacial score (nSPS) is 30.8. The van der Waals surface area contributed by atoms with Crippen LogP contribution in [-0.4, -0.2) is 41.1 Å². The summed E-state index contributed by atoms with van der Waals surface area (Å²) in [5.74, 6) is 1.00. The Morgan fingerprint density at radius 2 is 2.08 bits per heavy atom. The molecule has 2 N–H and O–H groups in total. The van der Waals surface area contributed by atoms with Gasteiger partial charge < -0.3 is 10.4 Å². The largest absolute Gasteiger partial charge is 0.393 e. The highest BCUT2D eigenvalue weighted by molar-refractivity contribution is 9.10. The number of benzene rings is 1. The number of nitrogens with one attached hydrogen (secondary N) is 1. The zero-order chi connectivity index (χ0) is 17.8. The number of halogens is 1. The van der Waals surface area contributed by atoms with E-state index in [1.54, 1.807) is 0 Å². The second-order valence-corrected chi connectivity index (χ2v) is 8.57. The summed E-state index contributed by atoms with van der Waals surface area (Å²) in [4.78, 5) is 14.9. The first-order valence-electron chi connectivity index (χ1n) is 9.51. The Kier molecular flexibility index (Phi) is 6.53. The summed E-state index contributed by atoms with van der Waals surface area (Å²) < 4.78 is 0.898. The summed E-state index contributed by atoms with van der Waals surface area (Å²) in [5, 5.41) is 13.5. The van der Waals surface area contributed by atoms with Crippen molar-refractivity contribution in [3.8, 4) is 0 Å². The van der Waals surface area contributed by atoms with E-state index in [2.05, 4.69) is 33.1 Å². The molecule has 1 saturated carbocycles. The number of aliphatic hydroxyl groups is 1. The second kappa shape index (κ2) is 8.65. The van der Waals surface area contributed by atoms with Crippen LogP contribution in [0.5, 0.6) is 0 Å². The standard InChI is InChI=1S/C20H29BrN2O2/c1-14-9-10-19(24)15(12-14)18-8-4-5-11-23(18)13-20(25)22-17-7-3-2-6-16(17)21/h2-3,6-7,14-15,18-19,24H,4-5,8-13H2,1H3,(H,22,25)/t14-,15-,18-,19+/m1/s1. The highest BCUT2D eigenvalue weighted by Crippen LogP contribution is 2.36. The van der Waals surface area contributed by atoms with Crippen molar-refractivity contribution in [2.24, 2.45) is 11.8 Å². The Morgan fingerprint density at radius 1 is 1.28 bits per heavy atom. The molecule has 1 aromatic carbocycles. The maximum Gasteiger partial charge on any atom is 0.238 e. The summed E-state index contributed by atoms with van der Waals surface area (Å²) in [6, 6.07) is 8.02. The lowest BCUT2D eigenvalue weighted by Crippen LogP contribution is -2.51. The zero-order valence-electron chi connectivity index (χ0n) is 15.0. The van der Waals surface area contributed by atoms with Gasteiger partial charge in [0, 0.05) is 16.4 Å². The van der Waals surface area contributed by atoms with Crippen LogP contribution in [0.4, 0.5) is 5.69 Å². The van der Waals surface area contributed by atoms with Gasteiger partial charge in [-0.05, 0) is 72.6 Å². The molecule has 1 heterocycles. The molecular formula is C20H29BrN2O2. The third-order valence-corrected chi connectivity index (χ3v) is 6.47. The Balaban J connectivity index is 1.64. The average Bonchev–Trinajstić information content (AvgIpc) is 2.60. The predicted octanol–water partition coefficient (Wildman–Crippen LogP) is 4.04. The van der Waals surface area contributed by atoms with Gasteiger partial charge in [-0.2, -0.15) is 0 Å². The summed E-state index contributed by atoms with van der Waals surface area (Å²) in [5.41, 5.74) is 0.812. The lowest BCUT2D eigenvalue weighted by Gasteiger charge is -2.44. The molecule has 138 valence electrons. The number of rotatable bonds is 4. The molecule has 0 radical (unpaired) electrons. The topological polar surface area (TPSA) is 52.6 Å². The summed E-state index contributed by atoms with van der Waals surface area (Å²) >= 11 is 3.48. The van der Waals surface area contributed by atoms with Crippen LogP contribution in [0.25, 0.3) is 0 Å². The number of para-hydroxylation sites is 1. The minimum atomic E-state index is -0.215. The monoisotopic (exact) mass is 408 g/mol. The minimum absolute atomic E-state index is 0.0251. The van der Waals surface area contributed by atoms with E-state index in [1.807, 2.05) is 24.3 Å². The van der Waals surface area contributed by atoms with E-state index in [1.165, 1.54) is 6.42 Å². The number of amides is 1. The maximum absolute atomic E-state index is 12.6. The minimum Gasteiger partial charge on any atom is -0.393 e. The van der Waals surface area contributed by atoms with Gasteiger partial charge in [0.15, 0.2) is 0 Å². The van der Waals surface area contributed by atoms with Crippen LogP contribution < -0.4 is 5.32 Å². The van der Waals surface area contributed by atoms with E-state index in [4.69, 9.17) is 0 Å². The van der Waals surface area contributed by atoms with Gasteiger partial charge in [-0.1, -0.05) is 25.5 Å². The van der Waals surface area contributed by atoms with E-state index in [9.17, 15) is 9.90 Å². The number of hydrogen-bond acceptors (Lipinski definition) is 3. The second-order valence-electron chi connectivity index (χ2n) is 7.71. The molecule has 5 heteroatoms. The molecule has 1 aliphatic carbocycles. The fourth-order valence-electron chi connectivity index (χ4n) is 4.46. The van der Waals surface area contributed by atoms with Crippen LogP contribution in [0, 0.1) is 11.8 Å². The Bertz CT molecular complexity index is 595. The molecule has 0 bridgehead atoms. The summed E-state index contributed by atoms with van der Waals surface area (Å²) in [6.45, 7) is 3.64. The Morgan fingerprint density at radius 3 is 2.88 bits per heavy atom. The van der Waals surface area contributed by atoms with Gasteiger partial charge in [0.2, 0.25) is 5.91 Å². The lowest BCUT2D eigenvalue weighted by molar-refractivity contribution is -0.119. The van der Waals surface area contributed by atoms with Gasteiger partial charge in [-0.3, -0.25) is 9.69 Å². The van der Waals surface area contributed by atoms with Crippen LogP contribution in [0.2, 0.25) is 0 Å². The molecule has 2 aliphatic rings. The molecule has 0 aromatic heterocycles. The predicted molar refractivity (Wildman–Crippen MR) is 104 cm³/mol. The first kappa shape index (κ1) is 18.9. The van der Waals surface area contributed by atoms with Crippen molar-refractivity contribution in [2.45, 2.75) is 57.6 Å². The van der Waals surface area contributed by atoms with E-state index in [0.717, 1.165) is 48.8 Å². The number of hydrogen-bond donors (Lipinski definition) is 2. The molecule has 25 heavy (non-hydrogen) atoms. The van der Waals surface area contributed by atoms with Crippen molar-refractivity contribution in [3.63, 3.8) is 0 Å². The van der Waals surface area contributed by atoms with Gasteiger partial charge in [0.25, 0.3) is 0 Å². The lowest BCUT2D eigenvalue weighted by atomic mass is 9.74. The van der Waals surface area contributed by atoms with Crippen molar-refractivity contribution >= 4 is 27.5 Å². The molecule has 1 aliphatic heterocycles. The molecule has 3 rings (SSSR count). The Labute approximate surface area is 159 Å². The van der Waals surface area contributed by atoms with E-state index in [0.29, 0.717) is 24.4 Å². The van der Waals surface area contributed by atoms with E-state index >= 15 is 0 Å². The summed E-state index contributed by atoms with van der Waals surface area (Å²) in [6.07, 6.45) is 6.31. The van der Waals surface area contributed by atoms with Crippen molar-refractivity contribution in [1.82, 2.24) is 4.90 Å². The third kappa shape index (κ3) is 4.83. The van der Waals surface area contributed by atoms with Crippen LogP contribution in [-0.2, 0) is 4.79 Å². The van der Waals surface area contributed by atoms with E-state index in [-0.39, 0.29) is 12.0 Å². The molecular weight excluding hydrogens is 380 g/mol. The Hall–Kier alpha value is -0.910. The average molecular weight is 409 g/mol. The number of carbonyl (C=O) groups excluding carboxylic acids is 1. The van der Waals surface area contributed by atoms with Crippen molar-refractivity contribution in [1.29, 1.82) is 0 Å². The highest BCUT2D eigenvalue weighted by atomic mass is 79.9. The number of nitrogens with zero attached hydrogens (tertiary/aromatic N) is 1. The SMILES string of the molecule is C[C@@H]1CC[C@H](O)[C@@H]([C@H]2CCCCN2CC(=O)Nc2ccccc2Br)C1. The van der Waals surface area contributed by atoms with Crippen LogP contribution in [0.15, 0.2) is 28.7 Å². The number of likely N-dealkylation sites (tertiary alicyclic amines) is 1. The molecule has 1 saturated heterocycles. The molecule has 2 fully saturated rings. The van der Waals surface area contributed by atoms with Crippen molar-refractivity contribution < 1.29 is 9.90 Å². The van der Waals surface area contributed by atoms with Gasteiger partial charge in [-0.15, -0.1) is 0 Å². The van der Waals surface area contributed by atoms with Crippen LogP contribution in [0.3, 0.4) is 0 Å². The molecule has 1 aromatic rings. The zero-order valence-corrected chi connectivity index (χ0v) is 16.5. The van der Waals surface area contributed by atoms with Gasteiger partial charge in [0.05, 0.1) is 18.3 Å². The van der Waals surface area contributed by atoms with Crippen molar-refractivity contribution in [2.75, 3.05) is 18.4 Å². The maximum atomic E-state index is 12.6. The summed E-state index contributed by atoms with van der Waals surface area (Å²) in [7, 11) is 0. The van der Waals surface area contributed by atoms with Gasteiger partial charge in [-0.25, -0.2) is 0 Å². The third-order valence-electron chi connectivity index (χ3n) is 5.78. The van der Waals surface area contributed by atoms with Crippen LogP contribution in [0.1, 0.15) is 45.4 Å². The fourth-order valence-corrected chi connectivity index (χ4v) is 4.84. The molecule has 0 unspecified atom stereocenters. The van der Waals surface area contributed by atoms with Crippen LogP contribution >= 0.6 is 15.9 Å². The highest BCUT2D eigenvalue weighted by Gasteiger charge is 2.37. The van der Waals surface area contributed by atoms with E-state index < -0.39 is 0 Å². The quantitative estimate of drug-likeness (QED) is 0.789. The van der Waals surface area contributed by atoms with Gasteiger partial charge in [0.1, 0.15) is 0 Å². The smallest absolute Gasteiger partial charge is 0.238 e. The van der Waals surface area contributed by atoms with Crippen molar-refractivity contribution in [3.05, 3.63) is 28.7 Å². The fraction of sp³-hybridized carbons (Fsp3) is 0.650. The number of anilines is 1. The number of aliphatic hydroxyl groups excluding tert-OH is 1. The molecule has 4 nitrogen and oxygen atoms in total.